The highest BCUT2D eigenvalue weighted by atomic mass is 32.1. The van der Waals surface area contributed by atoms with Crippen LogP contribution in [0.3, 0.4) is 0 Å². The van der Waals surface area contributed by atoms with Crippen LogP contribution in [0.4, 0.5) is 0 Å². The topological polar surface area (TPSA) is 42.7 Å². The van der Waals surface area contributed by atoms with Crippen LogP contribution in [-0.2, 0) is 13.5 Å². The molecule has 17 heavy (non-hydrogen) atoms. The number of rotatable bonds is 5. The van der Waals surface area contributed by atoms with Crippen molar-refractivity contribution in [3.63, 3.8) is 0 Å². The summed E-state index contributed by atoms with van der Waals surface area (Å²) in [6, 6.07) is 2.32. The molecular weight excluding hydrogens is 232 g/mol. The maximum atomic E-state index is 4.51. The van der Waals surface area contributed by atoms with Gasteiger partial charge in [-0.2, -0.15) is 5.10 Å². The molecule has 1 unspecified atom stereocenters. The van der Waals surface area contributed by atoms with Gasteiger partial charge in [0.25, 0.3) is 0 Å². The lowest BCUT2D eigenvalue weighted by molar-refractivity contribution is 0.526. The van der Waals surface area contributed by atoms with Crippen LogP contribution in [0, 0.1) is 6.92 Å². The van der Waals surface area contributed by atoms with Crippen molar-refractivity contribution in [1.82, 2.24) is 20.1 Å². The number of hydrogen-bond donors (Lipinski definition) is 1. The molecule has 5 heteroatoms. The quantitative estimate of drug-likeness (QED) is 0.883. The van der Waals surface area contributed by atoms with Gasteiger partial charge >= 0.3 is 0 Å². The van der Waals surface area contributed by atoms with E-state index < -0.39 is 0 Å². The Bertz CT molecular complexity index is 474. The van der Waals surface area contributed by atoms with Crippen molar-refractivity contribution in [2.24, 2.45) is 7.05 Å². The zero-order chi connectivity index (χ0) is 12.3. The van der Waals surface area contributed by atoms with Gasteiger partial charge in [0, 0.05) is 30.7 Å². The number of aromatic nitrogens is 3. The molecule has 92 valence electrons. The molecule has 0 amide bonds. The van der Waals surface area contributed by atoms with Gasteiger partial charge < -0.3 is 5.32 Å². The number of aryl methyl sites for hydroxylation is 2. The fourth-order valence-electron chi connectivity index (χ4n) is 1.82. The predicted octanol–water partition coefficient (Wildman–Crippen LogP) is 2.08. The highest BCUT2D eigenvalue weighted by Crippen LogP contribution is 2.19. The van der Waals surface area contributed by atoms with Gasteiger partial charge in [-0.05, 0) is 19.5 Å². The molecule has 0 aliphatic heterocycles. The molecule has 0 bridgehead atoms. The van der Waals surface area contributed by atoms with Gasteiger partial charge in [0.15, 0.2) is 0 Å². The van der Waals surface area contributed by atoms with Gasteiger partial charge in [0.1, 0.15) is 0 Å². The van der Waals surface area contributed by atoms with Crippen LogP contribution in [0.2, 0.25) is 0 Å². The first-order chi connectivity index (χ1) is 8.19. The van der Waals surface area contributed by atoms with E-state index in [1.807, 2.05) is 24.9 Å². The maximum absolute atomic E-state index is 4.51. The maximum Gasteiger partial charge on any atom is 0.0947 e. The zero-order valence-electron chi connectivity index (χ0n) is 10.5. The fourth-order valence-corrected chi connectivity index (χ4v) is 2.64. The van der Waals surface area contributed by atoms with Crippen molar-refractivity contribution < 1.29 is 0 Å². The minimum absolute atomic E-state index is 0.256. The van der Waals surface area contributed by atoms with Crippen molar-refractivity contribution in [3.8, 4) is 0 Å². The molecule has 0 fully saturated rings. The molecule has 2 heterocycles. The fraction of sp³-hybridized carbons (Fsp3) is 0.500. The summed E-state index contributed by atoms with van der Waals surface area (Å²) in [6.45, 7) is 5.08. The third-order valence-electron chi connectivity index (χ3n) is 2.59. The van der Waals surface area contributed by atoms with Crippen molar-refractivity contribution in [2.45, 2.75) is 26.3 Å². The Balaban J connectivity index is 2.12. The molecule has 0 saturated heterocycles. The largest absolute Gasteiger partial charge is 0.309 e. The SMILES string of the molecule is CCNC(Cc1nc(C)cs1)c1ccn(C)n1. The summed E-state index contributed by atoms with van der Waals surface area (Å²) in [5.74, 6) is 0. The van der Waals surface area contributed by atoms with Crippen LogP contribution in [0.15, 0.2) is 17.6 Å². The molecule has 0 aliphatic carbocycles. The molecule has 1 N–H and O–H groups in total. The summed E-state index contributed by atoms with van der Waals surface area (Å²) in [7, 11) is 1.94. The molecule has 1 atom stereocenters. The smallest absolute Gasteiger partial charge is 0.0947 e. The third-order valence-corrected chi connectivity index (χ3v) is 3.58. The molecule has 0 saturated carbocycles. The summed E-state index contributed by atoms with van der Waals surface area (Å²) >= 11 is 1.72. The summed E-state index contributed by atoms with van der Waals surface area (Å²) < 4.78 is 1.84. The van der Waals surface area contributed by atoms with Crippen molar-refractivity contribution >= 4 is 11.3 Å². The first kappa shape index (κ1) is 12.3. The van der Waals surface area contributed by atoms with Gasteiger partial charge in [-0.15, -0.1) is 11.3 Å². The highest BCUT2D eigenvalue weighted by molar-refractivity contribution is 7.09. The second-order valence-corrected chi connectivity index (χ2v) is 5.05. The molecule has 2 rings (SSSR count). The molecule has 2 aromatic heterocycles. The number of likely N-dealkylation sites (N-methyl/N-ethyl adjacent to an activating group) is 1. The summed E-state index contributed by atoms with van der Waals surface area (Å²) in [5.41, 5.74) is 2.18. The van der Waals surface area contributed by atoms with Crippen LogP contribution in [-0.4, -0.2) is 21.3 Å². The van der Waals surface area contributed by atoms with E-state index in [0.717, 1.165) is 24.4 Å². The number of nitrogens with one attached hydrogen (secondary N) is 1. The Morgan fingerprint density at radius 1 is 1.53 bits per heavy atom. The van der Waals surface area contributed by atoms with Crippen molar-refractivity contribution in [3.05, 3.63) is 34.0 Å². The van der Waals surface area contributed by atoms with E-state index in [1.54, 1.807) is 11.3 Å². The van der Waals surface area contributed by atoms with E-state index in [2.05, 4.69) is 33.8 Å². The minimum atomic E-state index is 0.256. The first-order valence-electron chi connectivity index (χ1n) is 5.83. The normalized spacial score (nSPS) is 12.9. The summed E-state index contributed by atoms with van der Waals surface area (Å²) in [5, 5.41) is 11.2. The number of nitrogens with zero attached hydrogens (tertiary/aromatic N) is 3. The van der Waals surface area contributed by atoms with E-state index in [-0.39, 0.29) is 6.04 Å². The summed E-state index contributed by atoms with van der Waals surface area (Å²) in [6.07, 6.45) is 2.89. The van der Waals surface area contributed by atoms with Crippen LogP contribution in [0.1, 0.15) is 29.4 Å². The molecule has 0 aromatic carbocycles. The Kier molecular flexibility index (Phi) is 3.91. The molecular formula is C12H18N4S. The average molecular weight is 250 g/mol. The van der Waals surface area contributed by atoms with Crippen molar-refractivity contribution in [1.29, 1.82) is 0 Å². The number of hydrogen-bond acceptors (Lipinski definition) is 4. The van der Waals surface area contributed by atoms with Gasteiger partial charge in [-0.25, -0.2) is 4.98 Å². The van der Waals surface area contributed by atoms with Crippen LogP contribution >= 0.6 is 11.3 Å². The molecule has 0 radical (unpaired) electrons. The van der Waals surface area contributed by atoms with Gasteiger partial charge in [0.05, 0.1) is 16.7 Å². The standard InChI is InChI=1S/C12H18N4S/c1-4-13-11(10-5-6-16(3)15-10)7-12-14-9(2)8-17-12/h5-6,8,11,13H,4,7H2,1-3H3. The second-order valence-electron chi connectivity index (χ2n) is 4.11. The Morgan fingerprint density at radius 3 is 2.88 bits per heavy atom. The lowest BCUT2D eigenvalue weighted by atomic mass is 10.1. The Labute approximate surface area is 106 Å². The molecule has 0 spiro atoms. The highest BCUT2D eigenvalue weighted by Gasteiger charge is 2.15. The average Bonchev–Trinajstić information content (AvgIpc) is 2.87. The van der Waals surface area contributed by atoms with E-state index in [0.29, 0.717) is 0 Å². The van der Waals surface area contributed by atoms with Crippen LogP contribution in [0.25, 0.3) is 0 Å². The lowest BCUT2D eigenvalue weighted by Crippen LogP contribution is -2.23. The zero-order valence-corrected chi connectivity index (χ0v) is 11.3. The first-order valence-corrected chi connectivity index (χ1v) is 6.71. The monoisotopic (exact) mass is 250 g/mol. The Hall–Kier alpha value is -1.20. The minimum Gasteiger partial charge on any atom is -0.309 e. The van der Waals surface area contributed by atoms with Crippen LogP contribution < -0.4 is 5.32 Å². The second kappa shape index (κ2) is 5.42. The van der Waals surface area contributed by atoms with Gasteiger partial charge in [-0.3, -0.25) is 4.68 Å². The van der Waals surface area contributed by atoms with Crippen LogP contribution in [0.5, 0.6) is 0 Å². The van der Waals surface area contributed by atoms with E-state index in [9.17, 15) is 0 Å². The Morgan fingerprint density at radius 2 is 2.35 bits per heavy atom. The molecule has 0 aliphatic rings. The lowest BCUT2D eigenvalue weighted by Gasteiger charge is -2.13. The molecule has 4 nitrogen and oxygen atoms in total. The molecule has 2 aromatic rings. The van der Waals surface area contributed by atoms with Crippen molar-refractivity contribution in [2.75, 3.05) is 6.54 Å². The predicted molar refractivity (Wildman–Crippen MR) is 70.2 cm³/mol. The summed E-state index contributed by atoms with van der Waals surface area (Å²) in [4.78, 5) is 4.51. The third kappa shape index (κ3) is 3.14. The van der Waals surface area contributed by atoms with E-state index in [1.165, 1.54) is 5.01 Å². The van der Waals surface area contributed by atoms with Gasteiger partial charge in [0.2, 0.25) is 0 Å². The number of thiazole rings is 1. The van der Waals surface area contributed by atoms with E-state index in [4.69, 9.17) is 0 Å². The van der Waals surface area contributed by atoms with E-state index >= 15 is 0 Å². The van der Waals surface area contributed by atoms with Gasteiger partial charge in [-0.1, -0.05) is 6.92 Å².